The number of alkyl halides is 3. The number of aliphatic hydroxyl groups is 1. The van der Waals surface area contributed by atoms with Gasteiger partial charge in [-0.3, -0.25) is 9.78 Å². The zero-order chi connectivity index (χ0) is 25.3. The molecule has 1 aliphatic rings. The average molecular weight is 515 g/mol. The first-order valence-corrected chi connectivity index (χ1v) is 11.9. The topological polar surface area (TPSA) is 107 Å². The molecule has 4 heterocycles. The smallest absolute Gasteiger partial charge is 0.390 e. The van der Waals surface area contributed by atoms with Crippen LogP contribution in [0.1, 0.15) is 12.0 Å². The molecule has 3 aromatic heterocycles. The van der Waals surface area contributed by atoms with Gasteiger partial charge in [0, 0.05) is 35.9 Å². The maximum Gasteiger partial charge on any atom is 0.417 e. The van der Waals surface area contributed by atoms with Crippen LogP contribution in [0.15, 0.2) is 70.7 Å². The molecule has 0 saturated carbocycles. The lowest BCUT2D eigenvalue weighted by Gasteiger charge is -2.35. The van der Waals surface area contributed by atoms with Gasteiger partial charge in [0.15, 0.2) is 0 Å². The minimum atomic E-state index is -4.44. The summed E-state index contributed by atoms with van der Waals surface area (Å²) in [4.78, 5) is 21.1. The predicted molar refractivity (Wildman–Crippen MR) is 130 cm³/mol. The number of nitrogens with one attached hydrogen (secondary N) is 2. The fraction of sp³-hybridized carbons (Fsp3) is 0.250. The number of rotatable bonds is 5. The number of aromatic nitrogens is 4. The van der Waals surface area contributed by atoms with Gasteiger partial charge in [0.2, 0.25) is 0 Å². The van der Waals surface area contributed by atoms with Crippen LogP contribution in [0.3, 0.4) is 0 Å². The van der Waals surface area contributed by atoms with Crippen molar-refractivity contribution in [1.29, 1.82) is 0 Å². The number of benzene rings is 1. The number of H-pyrrole nitrogens is 1. The van der Waals surface area contributed by atoms with Crippen LogP contribution in [-0.2, 0) is 6.18 Å². The fourth-order valence-corrected chi connectivity index (χ4v) is 4.96. The molecule has 2 atom stereocenters. The van der Waals surface area contributed by atoms with Crippen LogP contribution in [0, 0.1) is 0 Å². The number of nitrogens with zero attached hydrogens (tertiary/aromatic N) is 4. The van der Waals surface area contributed by atoms with E-state index in [1.54, 1.807) is 12.3 Å². The van der Waals surface area contributed by atoms with Crippen LogP contribution in [0.4, 0.5) is 19.0 Å². The van der Waals surface area contributed by atoms with Crippen molar-refractivity contribution in [3.63, 3.8) is 0 Å². The molecule has 5 rings (SSSR count). The number of hydrogen-bond acceptors (Lipinski definition) is 8. The van der Waals surface area contributed by atoms with Crippen molar-refractivity contribution in [2.24, 2.45) is 0 Å². The minimum Gasteiger partial charge on any atom is -0.390 e. The molecule has 4 aromatic rings. The van der Waals surface area contributed by atoms with Crippen molar-refractivity contribution in [3.8, 4) is 11.1 Å². The van der Waals surface area contributed by atoms with E-state index in [4.69, 9.17) is 0 Å². The Kier molecular flexibility index (Phi) is 6.65. The highest BCUT2D eigenvalue weighted by Gasteiger charge is 2.31. The van der Waals surface area contributed by atoms with E-state index in [0.29, 0.717) is 36.2 Å². The average Bonchev–Trinajstić information content (AvgIpc) is 2.86. The molecule has 0 aliphatic carbocycles. The minimum absolute atomic E-state index is 0.292. The summed E-state index contributed by atoms with van der Waals surface area (Å²) in [5.41, 5.74) is 1.15. The second-order valence-corrected chi connectivity index (χ2v) is 9.57. The Bertz CT molecular complexity index is 1410. The van der Waals surface area contributed by atoms with Gasteiger partial charge in [-0.15, -0.1) is 0 Å². The van der Waals surface area contributed by atoms with Gasteiger partial charge in [0.25, 0.3) is 5.56 Å². The molecule has 2 unspecified atom stereocenters. The van der Waals surface area contributed by atoms with Crippen molar-refractivity contribution < 1.29 is 18.3 Å². The molecule has 1 aliphatic heterocycles. The Balaban J connectivity index is 1.19. The Hall–Kier alpha value is -3.48. The van der Waals surface area contributed by atoms with Crippen LogP contribution in [-0.4, -0.2) is 54.8 Å². The molecule has 1 saturated heterocycles. The summed E-state index contributed by atoms with van der Waals surface area (Å²) in [5, 5.41) is 20.3. The first kappa shape index (κ1) is 24.2. The zero-order valence-corrected chi connectivity index (χ0v) is 19.6. The Morgan fingerprint density at radius 3 is 2.56 bits per heavy atom. The lowest BCUT2D eigenvalue weighted by atomic mass is 10.0. The van der Waals surface area contributed by atoms with E-state index in [1.165, 1.54) is 24.2 Å². The zero-order valence-electron chi connectivity index (χ0n) is 18.7. The quantitative estimate of drug-likeness (QED) is 0.344. The van der Waals surface area contributed by atoms with E-state index in [-0.39, 0.29) is 11.6 Å². The lowest BCUT2D eigenvalue weighted by Crippen LogP contribution is -2.47. The number of pyridine rings is 2. The van der Waals surface area contributed by atoms with E-state index in [9.17, 15) is 23.1 Å². The molecule has 0 amide bonds. The first-order valence-electron chi connectivity index (χ1n) is 11.1. The van der Waals surface area contributed by atoms with Crippen LogP contribution in [0.5, 0.6) is 0 Å². The van der Waals surface area contributed by atoms with E-state index >= 15 is 0 Å². The summed E-state index contributed by atoms with van der Waals surface area (Å²) in [5.74, 6) is 0.296. The fourth-order valence-electron chi connectivity index (χ4n) is 3.98. The van der Waals surface area contributed by atoms with Crippen molar-refractivity contribution >= 4 is 28.7 Å². The number of piperidine rings is 1. The third-order valence-electron chi connectivity index (χ3n) is 5.91. The summed E-state index contributed by atoms with van der Waals surface area (Å²) in [7, 11) is 0. The molecule has 1 fully saturated rings. The number of aromatic amines is 1. The van der Waals surface area contributed by atoms with Crippen molar-refractivity contribution in [3.05, 3.63) is 77.0 Å². The summed E-state index contributed by atoms with van der Waals surface area (Å²) in [6.07, 6.45) is -0.563. The Morgan fingerprint density at radius 1 is 1.06 bits per heavy atom. The van der Waals surface area contributed by atoms with Crippen molar-refractivity contribution in [1.82, 2.24) is 24.5 Å². The highest BCUT2D eigenvalue weighted by Crippen LogP contribution is 2.31. The molecule has 3 N–H and O–H groups in total. The normalized spacial score (nSPS) is 18.9. The molecule has 8 nitrogen and oxygen atoms in total. The van der Waals surface area contributed by atoms with Crippen molar-refractivity contribution in [2.45, 2.75) is 29.6 Å². The second-order valence-electron chi connectivity index (χ2n) is 8.40. The molecule has 36 heavy (non-hydrogen) atoms. The number of fused-ring (bicyclic) bond motifs is 1. The standard InChI is InChI=1S/C24H21F3N6O2S/c25-24(26,27)16-3-6-22(29-11-16)31-19-7-8-33(13-21(19)34)36-17-4-1-14(2-5-17)15-9-18-20(28-10-15)12-30-32-23(18)35/h1-6,9-12,19,21,34H,7-8,13H2,(H,29,31)(H,32,35). The summed E-state index contributed by atoms with van der Waals surface area (Å²) < 4.78 is 40.2. The first-order chi connectivity index (χ1) is 17.3. The van der Waals surface area contributed by atoms with Crippen LogP contribution >= 0.6 is 11.9 Å². The third-order valence-corrected chi connectivity index (χ3v) is 6.98. The highest BCUT2D eigenvalue weighted by molar-refractivity contribution is 7.97. The number of β-amino-alcohol motifs (C(OH)–C–C–N with tert-alkyl or cyclic N) is 1. The second kappa shape index (κ2) is 9.88. The van der Waals surface area contributed by atoms with Crippen LogP contribution in [0.25, 0.3) is 22.0 Å². The van der Waals surface area contributed by atoms with Gasteiger partial charge in [-0.25, -0.2) is 14.4 Å². The van der Waals surface area contributed by atoms with Gasteiger partial charge in [-0.2, -0.15) is 18.3 Å². The van der Waals surface area contributed by atoms with Gasteiger partial charge in [0.05, 0.1) is 34.8 Å². The molecule has 0 radical (unpaired) electrons. The number of aliphatic hydroxyl groups excluding tert-OH is 1. The molecule has 12 heteroatoms. The van der Waals surface area contributed by atoms with Crippen LogP contribution < -0.4 is 10.9 Å². The van der Waals surface area contributed by atoms with Gasteiger partial charge >= 0.3 is 6.18 Å². The summed E-state index contributed by atoms with van der Waals surface area (Å²) in [6.45, 7) is 1.06. The highest BCUT2D eigenvalue weighted by atomic mass is 32.2. The maximum atomic E-state index is 12.7. The lowest BCUT2D eigenvalue weighted by molar-refractivity contribution is -0.137. The Labute approximate surface area is 207 Å². The number of hydrogen-bond donors (Lipinski definition) is 3. The van der Waals surface area contributed by atoms with Gasteiger partial charge in [0.1, 0.15) is 5.82 Å². The number of halogens is 3. The molecule has 1 aromatic carbocycles. The summed E-state index contributed by atoms with van der Waals surface area (Å²) >= 11 is 1.52. The molecule has 0 bridgehead atoms. The SMILES string of the molecule is O=c1[nH]ncc2ncc(-c3ccc(SN4CCC(Nc5ccc(C(F)(F)F)cn5)C(O)C4)cc3)cc12. The largest absolute Gasteiger partial charge is 0.417 e. The predicted octanol–water partition coefficient (Wildman–Crippen LogP) is 3.95. The van der Waals surface area contributed by atoms with E-state index in [2.05, 4.69) is 25.5 Å². The maximum absolute atomic E-state index is 12.7. The Morgan fingerprint density at radius 2 is 1.86 bits per heavy atom. The monoisotopic (exact) mass is 514 g/mol. The third kappa shape index (κ3) is 5.35. The molecule has 0 spiro atoms. The van der Waals surface area contributed by atoms with Gasteiger partial charge in [-0.05, 0) is 54.3 Å². The molecular formula is C24H21F3N6O2S. The van der Waals surface area contributed by atoms with Crippen molar-refractivity contribution in [2.75, 3.05) is 18.4 Å². The summed E-state index contributed by atoms with van der Waals surface area (Å²) in [6, 6.07) is 11.5. The van der Waals surface area contributed by atoms with Gasteiger partial charge in [-0.1, -0.05) is 12.1 Å². The van der Waals surface area contributed by atoms with E-state index in [0.717, 1.165) is 28.3 Å². The van der Waals surface area contributed by atoms with E-state index < -0.39 is 17.8 Å². The molecule has 186 valence electrons. The molecular weight excluding hydrogens is 493 g/mol. The van der Waals surface area contributed by atoms with E-state index in [1.807, 2.05) is 28.6 Å². The van der Waals surface area contributed by atoms with Crippen LogP contribution in [0.2, 0.25) is 0 Å². The number of anilines is 1. The van der Waals surface area contributed by atoms with Gasteiger partial charge < -0.3 is 10.4 Å².